The van der Waals surface area contributed by atoms with Crippen molar-refractivity contribution in [3.63, 3.8) is 0 Å². The zero-order chi connectivity index (χ0) is 14.4. The van der Waals surface area contributed by atoms with Crippen molar-refractivity contribution in [3.05, 3.63) is 10.7 Å². The number of carbonyl (C=O) groups is 1. The molecule has 2 atom stereocenters. The van der Waals surface area contributed by atoms with E-state index in [1.54, 1.807) is 13.8 Å². The van der Waals surface area contributed by atoms with Gasteiger partial charge in [0.2, 0.25) is 5.91 Å². The Balaban J connectivity index is 2.32. The largest absolute Gasteiger partial charge is 0.369 e. The summed E-state index contributed by atoms with van der Waals surface area (Å²) >= 11 is 1.16. The summed E-state index contributed by atoms with van der Waals surface area (Å²) < 4.78 is 26.7. The number of primary amides is 1. The number of amides is 1. The molecule has 0 spiro atoms. The molecule has 1 fully saturated rings. The van der Waals surface area contributed by atoms with E-state index in [1.165, 1.54) is 4.31 Å². The second-order valence-electron chi connectivity index (χ2n) is 4.91. The summed E-state index contributed by atoms with van der Waals surface area (Å²) in [6.45, 7) is 5.79. The molecule has 0 aliphatic carbocycles. The van der Waals surface area contributed by atoms with Gasteiger partial charge in [-0.25, -0.2) is 13.4 Å². The van der Waals surface area contributed by atoms with Gasteiger partial charge in [0.15, 0.2) is 4.21 Å². The minimum absolute atomic E-state index is 0.0541. The Morgan fingerprint density at radius 1 is 1.42 bits per heavy atom. The lowest BCUT2D eigenvalue weighted by Gasteiger charge is -2.14. The van der Waals surface area contributed by atoms with E-state index in [0.29, 0.717) is 12.2 Å². The van der Waals surface area contributed by atoms with E-state index in [0.717, 1.165) is 16.3 Å². The highest BCUT2D eigenvalue weighted by molar-refractivity contribution is 7.91. The van der Waals surface area contributed by atoms with Gasteiger partial charge in [-0.2, -0.15) is 4.31 Å². The van der Waals surface area contributed by atoms with Gasteiger partial charge < -0.3 is 5.73 Å². The first-order valence-corrected chi connectivity index (χ1v) is 8.22. The van der Waals surface area contributed by atoms with Crippen LogP contribution in [0.25, 0.3) is 0 Å². The van der Waals surface area contributed by atoms with Crippen LogP contribution in [0.1, 0.15) is 17.6 Å². The van der Waals surface area contributed by atoms with E-state index in [2.05, 4.69) is 4.98 Å². The lowest BCUT2D eigenvalue weighted by Crippen LogP contribution is -2.32. The van der Waals surface area contributed by atoms with Crippen molar-refractivity contribution < 1.29 is 13.2 Å². The second kappa shape index (κ2) is 4.84. The van der Waals surface area contributed by atoms with Crippen LogP contribution in [0.5, 0.6) is 0 Å². The molecule has 1 amide bonds. The van der Waals surface area contributed by atoms with Gasteiger partial charge in [-0.1, -0.05) is 6.92 Å². The molecule has 2 N–H and O–H groups in total. The van der Waals surface area contributed by atoms with E-state index >= 15 is 0 Å². The molecule has 0 bridgehead atoms. The van der Waals surface area contributed by atoms with Crippen molar-refractivity contribution in [2.45, 2.75) is 25.0 Å². The summed E-state index contributed by atoms with van der Waals surface area (Å²) in [6.07, 6.45) is 0. The van der Waals surface area contributed by atoms with Crippen LogP contribution in [-0.2, 0) is 14.8 Å². The van der Waals surface area contributed by atoms with Crippen LogP contribution >= 0.6 is 11.3 Å². The molecular weight excluding hydrogens is 286 g/mol. The molecule has 2 heterocycles. The minimum atomic E-state index is -3.57. The molecule has 0 saturated carbocycles. The van der Waals surface area contributed by atoms with E-state index in [-0.39, 0.29) is 16.7 Å². The molecule has 1 aromatic heterocycles. The van der Waals surface area contributed by atoms with Gasteiger partial charge in [0.25, 0.3) is 10.0 Å². The predicted octanol–water partition coefficient (Wildman–Crippen LogP) is 0.502. The van der Waals surface area contributed by atoms with E-state index in [4.69, 9.17) is 5.73 Å². The Kier molecular flexibility index (Phi) is 3.67. The normalized spacial score (nSPS) is 24.8. The van der Waals surface area contributed by atoms with Crippen LogP contribution < -0.4 is 5.73 Å². The SMILES string of the molecule is Cc1nc(C)c(S(=O)(=O)N2C[C@@H](C)[C@H](C(N)=O)C2)s1. The Morgan fingerprint density at radius 2 is 2.05 bits per heavy atom. The summed E-state index contributed by atoms with van der Waals surface area (Å²) in [4.78, 5) is 15.4. The molecule has 0 radical (unpaired) electrons. The summed E-state index contributed by atoms with van der Waals surface area (Å²) in [7, 11) is -3.57. The van der Waals surface area contributed by atoms with Crippen molar-refractivity contribution in [1.29, 1.82) is 0 Å². The standard InChI is InChI=1S/C11H17N3O3S2/c1-6-4-14(5-9(6)10(12)15)19(16,17)11-7(2)13-8(3)18-11/h6,9H,4-5H2,1-3H3,(H2,12,15)/t6-,9-/m1/s1. The van der Waals surface area contributed by atoms with Crippen LogP contribution in [0, 0.1) is 25.7 Å². The van der Waals surface area contributed by atoms with Crippen molar-refractivity contribution in [2.75, 3.05) is 13.1 Å². The average molecular weight is 303 g/mol. The smallest absolute Gasteiger partial charge is 0.254 e. The van der Waals surface area contributed by atoms with Crippen molar-refractivity contribution in [3.8, 4) is 0 Å². The molecule has 106 valence electrons. The number of sulfonamides is 1. The first-order valence-electron chi connectivity index (χ1n) is 5.97. The highest BCUT2D eigenvalue weighted by atomic mass is 32.2. The predicted molar refractivity (Wildman–Crippen MR) is 72.2 cm³/mol. The summed E-state index contributed by atoms with van der Waals surface area (Å²) in [5.41, 5.74) is 5.81. The van der Waals surface area contributed by atoms with Gasteiger partial charge in [0.05, 0.1) is 16.6 Å². The number of rotatable bonds is 3. The molecule has 0 unspecified atom stereocenters. The van der Waals surface area contributed by atoms with Gasteiger partial charge in [-0.15, -0.1) is 11.3 Å². The Hall–Kier alpha value is -0.990. The van der Waals surface area contributed by atoms with E-state index in [1.807, 2.05) is 6.92 Å². The van der Waals surface area contributed by atoms with E-state index < -0.39 is 21.8 Å². The molecule has 19 heavy (non-hydrogen) atoms. The molecule has 8 heteroatoms. The highest BCUT2D eigenvalue weighted by Crippen LogP contribution is 2.32. The molecule has 1 aromatic rings. The first kappa shape index (κ1) is 14.4. The van der Waals surface area contributed by atoms with Gasteiger partial charge >= 0.3 is 0 Å². The van der Waals surface area contributed by atoms with Crippen LogP contribution in [-0.4, -0.2) is 36.7 Å². The van der Waals surface area contributed by atoms with Crippen molar-refractivity contribution in [1.82, 2.24) is 9.29 Å². The van der Waals surface area contributed by atoms with E-state index in [9.17, 15) is 13.2 Å². The van der Waals surface area contributed by atoms with Crippen LogP contribution in [0.15, 0.2) is 4.21 Å². The fourth-order valence-corrected chi connectivity index (χ4v) is 5.54. The third kappa shape index (κ3) is 2.52. The fraction of sp³-hybridized carbons (Fsp3) is 0.636. The molecule has 6 nitrogen and oxygen atoms in total. The maximum absolute atomic E-state index is 12.5. The Morgan fingerprint density at radius 3 is 2.47 bits per heavy atom. The number of hydrogen-bond donors (Lipinski definition) is 1. The lowest BCUT2D eigenvalue weighted by molar-refractivity contribution is -0.122. The van der Waals surface area contributed by atoms with Gasteiger partial charge in [0, 0.05) is 13.1 Å². The quantitative estimate of drug-likeness (QED) is 0.880. The van der Waals surface area contributed by atoms with Crippen molar-refractivity contribution in [2.24, 2.45) is 17.6 Å². The zero-order valence-electron chi connectivity index (χ0n) is 11.1. The van der Waals surface area contributed by atoms with Gasteiger partial charge in [-0.3, -0.25) is 4.79 Å². The molecule has 0 aromatic carbocycles. The number of nitrogens with two attached hydrogens (primary N) is 1. The second-order valence-corrected chi connectivity index (χ2v) is 8.25. The topological polar surface area (TPSA) is 93.4 Å². The van der Waals surface area contributed by atoms with Crippen LogP contribution in [0.3, 0.4) is 0 Å². The number of aromatic nitrogens is 1. The number of hydrogen-bond acceptors (Lipinski definition) is 5. The minimum Gasteiger partial charge on any atom is -0.369 e. The fourth-order valence-electron chi connectivity index (χ4n) is 2.36. The summed E-state index contributed by atoms with van der Waals surface area (Å²) in [5, 5.41) is 0.717. The number of thiazole rings is 1. The number of carbonyl (C=O) groups excluding carboxylic acids is 1. The van der Waals surface area contributed by atoms with Gasteiger partial charge in [0.1, 0.15) is 0 Å². The van der Waals surface area contributed by atoms with Crippen LogP contribution in [0.4, 0.5) is 0 Å². The van der Waals surface area contributed by atoms with Gasteiger partial charge in [-0.05, 0) is 19.8 Å². The number of aryl methyl sites for hydroxylation is 2. The maximum Gasteiger partial charge on any atom is 0.254 e. The highest BCUT2D eigenvalue weighted by Gasteiger charge is 2.41. The lowest BCUT2D eigenvalue weighted by atomic mass is 9.98. The molecule has 1 saturated heterocycles. The third-order valence-electron chi connectivity index (χ3n) is 3.38. The number of nitrogens with zero attached hydrogens (tertiary/aromatic N) is 2. The third-order valence-corrected chi connectivity index (χ3v) is 6.87. The maximum atomic E-state index is 12.5. The van der Waals surface area contributed by atoms with Crippen molar-refractivity contribution >= 4 is 27.3 Å². The van der Waals surface area contributed by atoms with Crippen LogP contribution in [0.2, 0.25) is 0 Å². The molecule has 1 aliphatic rings. The Labute approximate surface area is 116 Å². The monoisotopic (exact) mass is 303 g/mol. The molecule has 2 rings (SSSR count). The molecule has 1 aliphatic heterocycles. The Bertz CT molecular complexity index is 609. The zero-order valence-corrected chi connectivity index (χ0v) is 12.7. The average Bonchev–Trinajstić information content (AvgIpc) is 2.82. The first-order chi connectivity index (χ1) is 8.73. The summed E-state index contributed by atoms with van der Waals surface area (Å²) in [6, 6.07) is 0. The summed E-state index contributed by atoms with van der Waals surface area (Å²) in [5.74, 6) is -0.909. The molecular formula is C11H17N3O3S2.